The summed E-state index contributed by atoms with van der Waals surface area (Å²) in [4.78, 5) is 17.5. The second-order valence-electron chi connectivity index (χ2n) is 8.63. The first-order chi connectivity index (χ1) is 13.7. The van der Waals surface area contributed by atoms with Gasteiger partial charge in [-0.05, 0) is 56.6 Å². The summed E-state index contributed by atoms with van der Waals surface area (Å²) in [6, 6.07) is 5.61. The molecule has 0 radical (unpaired) electrons. The Labute approximate surface area is 169 Å². The Balaban J connectivity index is 1.38. The molecule has 0 unspecified atom stereocenters. The lowest BCUT2D eigenvalue weighted by molar-refractivity contribution is 0.0759. The number of hydrogen-bond donors (Lipinski definition) is 0. The molecule has 1 aromatic carbocycles. The molecule has 0 spiro atoms. The molecule has 154 valence electrons. The number of benzene rings is 1. The van der Waals surface area contributed by atoms with Gasteiger partial charge >= 0.3 is 0 Å². The van der Waals surface area contributed by atoms with Gasteiger partial charge in [0, 0.05) is 38.8 Å². The van der Waals surface area contributed by atoms with Crippen molar-refractivity contribution in [2.45, 2.75) is 57.5 Å². The van der Waals surface area contributed by atoms with Gasteiger partial charge in [-0.25, -0.2) is 0 Å². The summed E-state index contributed by atoms with van der Waals surface area (Å²) in [5.74, 6) is 2.42. The number of rotatable bonds is 6. The predicted octanol–water partition coefficient (Wildman–Crippen LogP) is 3.96. The van der Waals surface area contributed by atoms with Crippen LogP contribution in [0, 0.1) is 5.92 Å². The van der Waals surface area contributed by atoms with Crippen molar-refractivity contribution in [1.29, 1.82) is 0 Å². The van der Waals surface area contributed by atoms with Gasteiger partial charge in [-0.15, -0.1) is 0 Å². The van der Waals surface area contributed by atoms with Gasteiger partial charge < -0.3 is 19.3 Å². The number of amides is 1. The average Bonchev–Trinajstić information content (AvgIpc) is 3.43. The van der Waals surface area contributed by atoms with Gasteiger partial charge in [0.25, 0.3) is 5.91 Å². The van der Waals surface area contributed by atoms with Crippen LogP contribution in [0.3, 0.4) is 0 Å². The van der Waals surface area contributed by atoms with Crippen LogP contribution in [0.25, 0.3) is 0 Å². The fourth-order valence-electron chi connectivity index (χ4n) is 4.94. The lowest BCUT2D eigenvalue weighted by Crippen LogP contribution is -2.40. The quantitative estimate of drug-likeness (QED) is 0.742. The van der Waals surface area contributed by atoms with E-state index >= 15 is 0 Å². The normalized spacial score (nSPS) is 22.0. The standard InChI is InChI=1S/C23H34N2O3/c1-27-20-8-9-21(23(26)25-12-4-5-13-25)22(16-20)28-19-10-14-24(15-11-19)17-18-6-2-3-7-18/h8-9,16,18-19H,2-7,10-15,17H2,1H3. The molecule has 3 aliphatic rings. The number of methoxy groups -OCH3 is 1. The molecule has 0 atom stereocenters. The van der Waals surface area contributed by atoms with Crippen molar-refractivity contribution >= 4 is 5.91 Å². The summed E-state index contributed by atoms with van der Waals surface area (Å²) >= 11 is 0. The third-order valence-corrected chi connectivity index (χ3v) is 6.63. The molecule has 0 N–H and O–H groups in total. The molecule has 2 saturated heterocycles. The fourth-order valence-corrected chi connectivity index (χ4v) is 4.94. The third kappa shape index (κ3) is 4.62. The molecule has 0 aromatic heterocycles. The van der Waals surface area contributed by atoms with Crippen molar-refractivity contribution in [2.75, 3.05) is 39.8 Å². The minimum Gasteiger partial charge on any atom is -0.497 e. The number of ether oxygens (including phenoxy) is 2. The van der Waals surface area contributed by atoms with Crippen LogP contribution in [0.5, 0.6) is 11.5 Å². The third-order valence-electron chi connectivity index (χ3n) is 6.63. The van der Waals surface area contributed by atoms with Gasteiger partial charge in [0.1, 0.15) is 17.6 Å². The highest BCUT2D eigenvalue weighted by Crippen LogP contribution is 2.31. The van der Waals surface area contributed by atoms with Crippen LogP contribution in [0.2, 0.25) is 0 Å². The number of nitrogens with zero attached hydrogens (tertiary/aromatic N) is 2. The maximum Gasteiger partial charge on any atom is 0.257 e. The number of hydrogen-bond acceptors (Lipinski definition) is 4. The Bertz CT molecular complexity index is 658. The number of piperidine rings is 1. The van der Waals surface area contributed by atoms with E-state index in [1.807, 2.05) is 23.1 Å². The summed E-state index contributed by atoms with van der Waals surface area (Å²) in [6.45, 7) is 5.15. The van der Waals surface area contributed by atoms with E-state index in [4.69, 9.17) is 9.47 Å². The van der Waals surface area contributed by atoms with Crippen LogP contribution < -0.4 is 9.47 Å². The van der Waals surface area contributed by atoms with Gasteiger partial charge in [0.15, 0.2) is 0 Å². The van der Waals surface area contributed by atoms with E-state index in [2.05, 4.69) is 4.90 Å². The smallest absolute Gasteiger partial charge is 0.257 e. The maximum absolute atomic E-state index is 13.0. The van der Waals surface area contributed by atoms with E-state index in [1.165, 1.54) is 32.2 Å². The minimum atomic E-state index is 0.0915. The monoisotopic (exact) mass is 386 g/mol. The molecule has 1 amide bonds. The first-order valence-corrected chi connectivity index (χ1v) is 11.1. The predicted molar refractivity (Wildman–Crippen MR) is 110 cm³/mol. The molecular weight excluding hydrogens is 352 g/mol. The van der Waals surface area contributed by atoms with Crippen molar-refractivity contribution in [3.8, 4) is 11.5 Å². The van der Waals surface area contributed by atoms with Gasteiger partial charge in [-0.2, -0.15) is 0 Å². The van der Waals surface area contributed by atoms with Crippen LogP contribution in [0.1, 0.15) is 61.7 Å². The summed E-state index contributed by atoms with van der Waals surface area (Å²) in [5, 5.41) is 0. The Morgan fingerprint density at radius 3 is 2.39 bits per heavy atom. The first-order valence-electron chi connectivity index (χ1n) is 11.1. The van der Waals surface area contributed by atoms with Gasteiger partial charge in [-0.1, -0.05) is 12.8 Å². The molecule has 1 aromatic rings. The van der Waals surface area contributed by atoms with E-state index in [0.717, 1.165) is 63.5 Å². The first kappa shape index (κ1) is 19.6. The zero-order valence-electron chi connectivity index (χ0n) is 17.2. The van der Waals surface area contributed by atoms with E-state index < -0.39 is 0 Å². The van der Waals surface area contributed by atoms with E-state index in [-0.39, 0.29) is 12.0 Å². The second kappa shape index (κ2) is 9.17. The van der Waals surface area contributed by atoms with Crippen LogP contribution in [-0.4, -0.2) is 61.6 Å². The Kier molecular flexibility index (Phi) is 6.40. The Morgan fingerprint density at radius 1 is 1.00 bits per heavy atom. The van der Waals surface area contributed by atoms with Crippen molar-refractivity contribution in [3.63, 3.8) is 0 Å². The maximum atomic E-state index is 13.0. The topological polar surface area (TPSA) is 42.0 Å². The largest absolute Gasteiger partial charge is 0.497 e. The summed E-state index contributed by atoms with van der Waals surface area (Å²) in [7, 11) is 1.66. The van der Waals surface area contributed by atoms with Gasteiger partial charge in [-0.3, -0.25) is 4.79 Å². The molecule has 5 nitrogen and oxygen atoms in total. The Morgan fingerprint density at radius 2 is 1.71 bits per heavy atom. The minimum absolute atomic E-state index is 0.0915. The second-order valence-corrected chi connectivity index (χ2v) is 8.63. The zero-order valence-corrected chi connectivity index (χ0v) is 17.2. The number of carbonyl (C=O) groups is 1. The number of carbonyl (C=O) groups excluding carboxylic acids is 1. The fraction of sp³-hybridized carbons (Fsp3) is 0.696. The molecule has 1 aliphatic carbocycles. The van der Waals surface area contributed by atoms with Crippen LogP contribution >= 0.6 is 0 Å². The van der Waals surface area contributed by atoms with Crippen molar-refractivity contribution < 1.29 is 14.3 Å². The average molecular weight is 387 g/mol. The Hall–Kier alpha value is -1.75. The van der Waals surface area contributed by atoms with Crippen molar-refractivity contribution in [2.24, 2.45) is 5.92 Å². The van der Waals surface area contributed by atoms with E-state index in [0.29, 0.717) is 11.3 Å². The van der Waals surface area contributed by atoms with E-state index in [9.17, 15) is 4.79 Å². The molecule has 1 saturated carbocycles. The highest BCUT2D eigenvalue weighted by Gasteiger charge is 2.27. The molecule has 0 bridgehead atoms. The van der Waals surface area contributed by atoms with Crippen molar-refractivity contribution in [3.05, 3.63) is 23.8 Å². The zero-order chi connectivity index (χ0) is 19.3. The molecule has 2 heterocycles. The molecule has 5 heteroatoms. The molecular formula is C23H34N2O3. The van der Waals surface area contributed by atoms with E-state index in [1.54, 1.807) is 7.11 Å². The SMILES string of the molecule is COc1ccc(C(=O)N2CCCC2)c(OC2CCN(CC3CCCC3)CC2)c1. The van der Waals surface area contributed by atoms with Crippen LogP contribution in [0.4, 0.5) is 0 Å². The lowest BCUT2D eigenvalue weighted by atomic mass is 10.0. The number of likely N-dealkylation sites (tertiary alicyclic amines) is 2. The highest BCUT2D eigenvalue weighted by molar-refractivity contribution is 5.97. The van der Waals surface area contributed by atoms with Gasteiger partial charge in [0.05, 0.1) is 12.7 Å². The molecule has 28 heavy (non-hydrogen) atoms. The summed E-state index contributed by atoms with van der Waals surface area (Å²) in [6.07, 6.45) is 10.1. The summed E-state index contributed by atoms with van der Waals surface area (Å²) in [5.41, 5.74) is 0.677. The highest BCUT2D eigenvalue weighted by atomic mass is 16.5. The van der Waals surface area contributed by atoms with Crippen LogP contribution in [0.15, 0.2) is 18.2 Å². The van der Waals surface area contributed by atoms with Crippen LogP contribution in [-0.2, 0) is 0 Å². The lowest BCUT2D eigenvalue weighted by Gasteiger charge is -2.34. The van der Waals surface area contributed by atoms with Crippen molar-refractivity contribution in [1.82, 2.24) is 9.80 Å². The molecule has 2 aliphatic heterocycles. The van der Waals surface area contributed by atoms with Gasteiger partial charge in [0.2, 0.25) is 0 Å². The molecule has 3 fully saturated rings. The summed E-state index contributed by atoms with van der Waals surface area (Å²) < 4.78 is 11.8. The molecule has 4 rings (SSSR count).